The second-order valence-electron chi connectivity index (χ2n) is 5.33. The molecule has 0 saturated carbocycles. The van der Waals surface area contributed by atoms with E-state index in [1.807, 2.05) is 0 Å². The van der Waals surface area contributed by atoms with E-state index in [1.54, 1.807) is 6.20 Å². The number of nitrogens with one attached hydrogen (secondary N) is 1. The lowest BCUT2D eigenvalue weighted by atomic mass is 9.95. The van der Waals surface area contributed by atoms with Gasteiger partial charge < -0.3 is 0 Å². The molecule has 0 saturated heterocycles. The van der Waals surface area contributed by atoms with Crippen molar-refractivity contribution in [1.82, 2.24) is 9.97 Å². The molecule has 2 heterocycles. The molecule has 0 spiro atoms. The summed E-state index contributed by atoms with van der Waals surface area (Å²) in [5, 5.41) is 0. The maximum Gasteiger partial charge on any atom is 0.133 e. The Morgan fingerprint density at radius 3 is 2.75 bits per heavy atom. The maximum atomic E-state index is 11.7. The Balaban J connectivity index is 2.43. The molecule has 1 aliphatic rings. The summed E-state index contributed by atoms with van der Waals surface area (Å²) in [6, 6.07) is 0. The lowest BCUT2D eigenvalue weighted by molar-refractivity contribution is 0.540. The Labute approximate surface area is 96.5 Å². The lowest BCUT2D eigenvalue weighted by Gasteiger charge is -2.21. The summed E-state index contributed by atoms with van der Waals surface area (Å²) in [6.07, 6.45) is 2.39. The molecule has 2 rings (SSSR count). The summed E-state index contributed by atoms with van der Waals surface area (Å²) in [4.78, 5) is 8.84. The van der Waals surface area contributed by atoms with E-state index >= 15 is 0 Å². The van der Waals surface area contributed by atoms with E-state index in [2.05, 4.69) is 30.7 Å². The lowest BCUT2D eigenvalue weighted by Crippen LogP contribution is -2.23. The van der Waals surface area contributed by atoms with Crippen LogP contribution in [0.15, 0.2) is 6.20 Å². The molecule has 4 nitrogen and oxygen atoms in total. The van der Waals surface area contributed by atoms with Crippen molar-refractivity contribution in [1.29, 1.82) is 4.78 Å². The fourth-order valence-electron chi connectivity index (χ4n) is 1.73. The first-order valence-electron chi connectivity index (χ1n) is 5.37. The zero-order valence-corrected chi connectivity index (χ0v) is 10.7. The van der Waals surface area contributed by atoms with Gasteiger partial charge >= 0.3 is 0 Å². The molecule has 88 valence electrons. The van der Waals surface area contributed by atoms with Gasteiger partial charge in [0.25, 0.3) is 0 Å². The smallest absolute Gasteiger partial charge is 0.133 e. The number of rotatable bonds is 0. The molecule has 16 heavy (non-hydrogen) atoms. The molecule has 0 aliphatic carbocycles. The van der Waals surface area contributed by atoms with Crippen molar-refractivity contribution in [2.24, 2.45) is 0 Å². The van der Waals surface area contributed by atoms with Crippen molar-refractivity contribution in [3.63, 3.8) is 0 Å². The summed E-state index contributed by atoms with van der Waals surface area (Å²) in [5.41, 5.74) is 1.81. The number of nitrogens with zero attached hydrogens (tertiary/aromatic N) is 2. The van der Waals surface area contributed by atoms with Crippen LogP contribution in [0.25, 0.3) is 0 Å². The zero-order chi connectivity index (χ0) is 12.0. The predicted octanol–water partition coefficient (Wildman–Crippen LogP) is 1.88. The third-order valence-electron chi connectivity index (χ3n) is 2.68. The van der Waals surface area contributed by atoms with Crippen LogP contribution in [-0.2, 0) is 27.3 Å². The van der Waals surface area contributed by atoms with Crippen LogP contribution in [0.2, 0.25) is 0 Å². The Morgan fingerprint density at radius 2 is 2.12 bits per heavy atom. The van der Waals surface area contributed by atoms with E-state index in [1.165, 1.54) is 0 Å². The number of hydrogen-bond donors (Lipinski definition) is 1. The van der Waals surface area contributed by atoms with Crippen LogP contribution in [0.1, 0.15) is 37.9 Å². The number of fused-ring (bicyclic) bond motifs is 1. The van der Waals surface area contributed by atoms with E-state index < -0.39 is 9.73 Å². The Hall–Kier alpha value is -0.970. The summed E-state index contributed by atoms with van der Waals surface area (Å²) < 4.78 is 19.3. The van der Waals surface area contributed by atoms with Crippen LogP contribution in [0.5, 0.6) is 0 Å². The van der Waals surface area contributed by atoms with Crippen molar-refractivity contribution in [2.45, 2.75) is 38.4 Å². The van der Waals surface area contributed by atoms with Crippen molar-refractivity contribution in [3.05, 3.63) is 23.3 Å². The van der Waals surface area contributed by atoms with E-state index in [0.29, 0.717) is 17.9 Å². The molecule has 1 N–H and O–H groups in total. The van der Waals surface area contributed by atoms with Crippen LogP contribution < -0.4 is 0 Å². The highest BCUT2D eigenvalue weighted by atomic mass is 32.2. The van der Waals surface area contributed by atoms with Gasteiger partial charge in [-0.15, -0.1) is 0 Å². The van der Waals surface area contributed by atoms with Gasteiger partial charge in [-0.1, -0.05) is 20.8 Å². The first-order chi connectivity index (χ1) is 7.28. The highest BCUT2D eigenvalue weighted by Gasteiger charge is 2.23. The topological polar surface area (TPSA) is 66.7 Å². The second kappa shape index (κ2) is 3.52. The van der Waals surface area contributed by atoms with Gasteiger partial charge in [0.2, 0.25) is 0 Å². The molecule has 1 atom stereocenters. The minimum Gasteiger partial charge on any atom is -0.253 e. The second-order valence-corrected chi connectivity index (χ2v) is 7.65. The highest BCUT2D eigenvalue weighted by Crippen LogP contribution is 2.23. The molecule has 5 heteroatoms. The van der Waals surface area contributed by atoms with Gasteiger partial charge in [-0.2, -0.15) is 0 Å². The zero-order valence-electron chi connectivity index (χ0n) is 9.91. The van der Waals surface area contributed by atoms with Crippen molar-refractivity contribution >= 4 is 9.73 Å². The first-order valence-corrected chi connectivity index (χ1v) is 7.27. The SMILES string of the molecule is CC(C)(C)c1ncc2c(n1)CC[S@](=N)(=O)C2. The van der Waals surface area contributed by atoms with Gasteiger partial charge in [-0.3, -0.25) is 4.78 Å². The van der Waals surface area contributed by atoms with Gasteiger partial charge in [0.1, 0.15) is 5.82 Å². The third kappa shape index (κ3) is 2.24. The summed E-state index contributed by atoms with van der Waals surface area (Å²) in [5.74, 6) is 1.57. The average molecular weight is 239 g/mol. The molecular weight excluding hydrogens is 222 g/mol. The minimum absolute atomic E-state index is 0.0607. The standard InChI is InChI=1S/C11H17N3OS/c1-11(2,3)10-13-6-8-7-16(12,15)5-4-9(8)14-10/h6,12H,4-5,7H2,1-3H3/t16-/m0/s1. The fraction of sp³-hybridized carbons (Fsp3) is 0.636. The maximum absolute atomic E-state index is 11.7. The van der Waals surface area contributed by atoms with E-state index in [0.717, 1.165) is 17.1 Å². The molecule has 1 aliphatic heterocycles. The van der Waals surface area contributed by atoms with Crippen LogP contribution in [-0.4, -0.2) is 19.9 Å². The third-order valence-corrected chi connectivity index (χ3v) is 4.32. The minimum atomic E-state index is -2.42. The molecule has 1 aromatic heterocycles. The van der Waals surface area contributed by atoms with Gasteiger partial charge in [-0.05, 0) is 0 Å². The average Bonchev–Trinajstić information content (AvgIpc) is 2.14. The van der Waals surface area contributed by atoms with Crippen LogP contribution in [0.4, 0.5) is 0 Å². The molecule has 1 aromatic rings. The monoisotopic (exact) mass is 239 g/mol. The predicted molar refractivity (Wildman–Crippen MR) is 63.9 cm³/mol. The molecule has 0 unspecified atom stereocenters. The fourth-order valence-corrected chi connectivity index (χ4v) is 3.14. The van der Waals surface area contributed by atoms with E-state index in [-0.39, 0.29) is 5.41 Å². The van der Waals surface area contributed by atoms with Gasteiger partial charge in [0.15, 0.2) is 0 Å². The van der Waals surface area contributed by atoms with Crippen molar-refractivity contribution in [2.75, 3.05) is 5.75 Å². The van der Waals surface area contributed by atoms with Gasteiger partial charge in [0.05, 0.1) is 5.75 Å². The molecule has 0 radical (unpaired) electrons. The normalized spacial score (nSPS) is 25.2. The van der Waals surface area contributed by atoms with Crippen LogP contribution in [0.3, 0.4) is 0 Å². The number of hydrogen-bond acceptors (Lipinski definition) is 4. The Morgan fingerprint density at radius 1 is 1.44 bits per heavy atom. The van der Waals surface area contributed by atoms with Gasteiger partial charge in [-0.25, -0.2) is 14.2 Å². The molecule has 0 bridgehead atoms. The van der Waals surface area contributed by atoms with Crippen LogP contribution >= 0.6 is 0 Å². The van der Waals surface area contributed by atoms with Gasteiger partial charge in [0, 0.05) is 44.8 Å². The van der Waals surface area contributed by atoms with E-state index in [4.69, 9.17) is 4.78 Å². The van der Waals surface area contributed by atoms with Crippen LogP contribution in [0, 0.1) is 4.78 Å². The van der Waals surface area contributed by atoms with Crippen molar-refractivity contribution in [3.8, 4) is 0 Å². The number of aryl methyl sites for hydroxylation is 1. The summed E-state index contributed by atoms with van der Waals surface area (Å²) >= 11 is 0. The van der Waals surface area contributed by atoms with E-state index in [9.17, 15) is 4.21 Å². The molecule has 0 amide bonds. The molecular formula is C11H17N3OS. The highest BCUT2D eigenvalue weighted by molar-refractivity contribution is 7.91. The number of aromatic nitrogens is 2. The Bertz CT molecular complexity index is 515. The largest absolute Gasteiger partial charge is 0.253 e. The summed E-state index contributed by atoms with van der Waals surface area (Å²) in [6.45, 7) is 6.22. The molecule has 0 aromatic carbocycles. The molecule has 0 fully saturated rings. The van der Waals surface area contributed by atoms with Crippen molar-refractivity contribution < 1.29 is 4.21 Å². The Kier molecular flexibility index (Phi) is 2.53. The summed E-state index contributed by atoms with van der Waals surface area (Å²) in [7, 11) is -2.42. The first kappa shape index (κ1) is 11.5. The quantitative estimate of drug-likeness (QED) is 0.751.